The Kier molecular flexibility index (Phi) is 5.99. The number of hydrogen-bond donors (Lipinski definition) is 1. The second-order valence-electron chi connectivity index (χ2n) is 12.5. The van der Waals surface area contributed by atoms with Crippen molar-refractivity contribution < 1.29 is 9.90 Å². The van der Waals surface area contributed by atoms with Gasteiger partial charge in [0, 0.05) is 11.8 Å². The normalized spacial score (nSPS) is 48.2. The first-order chi connectivity index (χ1) is 13.7. The summed E-state index contributed by atoms with van der Waals surface area (Å²) in [6, 6.07) is 0. The summed E-state index contributed by atoms with van der Waals surface area (Å²) in [6.07, 6.45) is 13.5. The van der Waals surface area contributed by atoms with Crippen LogP contribution in [0.5, 0.6) is 0 Å². The van der Waals surface area contributed by atoms with Crippen molar-refractivity contribution in [2.24, 2.45) is 52.3 Å². The third-order valence-electron chi connectivity index (χ3n) is 10.5. The SMILES string of the molecule is CC(C)CCC[C@@H](C)[C@H]1C(O)C(=O)[C@H]2[C@@H]3CCC4CCCC[C@]4(C)[C@H]3CC[C@]12C. The number of hydrogen-bond acceptors (Lipinski definition) is 2. The molecule has 0 bridgehead atoms. The van der Waals surface area contributed by atoms with Gasteiger partial charge in [0.25, 0.3) is 0 Å². The number of carbonyl (C=O) groups excluding carboxylic acids is 1. The van der Waals surface area contributed by atoms with Gasteiger partial charge in [-0.2, -0.15) is 0 Å². The van der Waals surface area contributed by atoms with E-state index in [1.807, 2.05) is 0 Å². The van der Waals surface area contributed by atoms with Gasteiger partial charge in [0.05, 0.1) is 0 Å². The van der Waals surface area contributed by atoms with E-state index in [2.05, 4.69) is 34.6 Å². The number of Topliss-reactive ketones (excluding diaryl/α,β-unsaturated/α-hetero) is 1. The van der Waals surface area contributed by atoms with E-state index in [0.717, 1.165) is 24.7 Å². The summed E-state index contributed by atoms with van der Waals surface area (Å²) in [5.74, 6) is 3.82. The second kappa shape index (κ2) is 7.95. The van der Waals surface area contributed by atoms with Crippen molar-refractivity contribution in [1.82, 2.24) is 0 Å². The molecular weight excluding hydrogens is 356 g/mol. The fourth-order valence-electron chi connectivity index (χ4n) is 9.15. The highest BCUT2D eigenvalue weighted by molar-refractivity contribution is 5.89. The second-order valence-corrected chi connectivity index (χ2v) is 12.5. The monoisotopic (exact) mass is 402 g/mol. The summed E-state index contributed by atoms with van der Waals surface area (Å²) < 4.78 is 0. The lowest BCUT2D eigenvalue weighted by Crippen LogP contribution is -2.54. The molecule has 4 saturated carbocycles. The number of fused-ring (bicyclic) bond motifs is 5. The lowest BCUT2D eigenvalue weighted by molar-refractivity contribution is -0.142. The fraction of sp³-hybridized carbons (Fsp3) is 0.963. The zero-order valence-electron chi connectivity index (χ0n) is 19.8. The van der Waals surface area contributed by atoms with Gasteiger partial charge in [-0.3, -0.25) is 4.79 Å². The molecule has 0 aromatic heterocycles. The standard InChI is InChI=1S/C27H46O2/c1-17(2)9-8-10-18(3)22-24(28)25(29)23-20-13-12-19-11-6-7-15-26(19,4)21(20)14-16-27(22,23)5/h17-24,28H,6-16H2,1-5H3/t18-,19?,20-,21+,22+,23-,24?,26+,27-/m1/s1. The summed E-state index contributed by atoms with van der Waals surface area (Å²) in [7, 11) is 0. The first-order valence-electron chi connectivity index (χ1n) is 12.9. The van der Waals surface area contributed by atoms with Crippen molar-refractivity contribution >= 4 is 5.78 Å². The molecule has 166 valence electrons. The highest BCUT2D eigenvalue weighted by atomic mass is 16.3. The van der Waals surface area contributed by atoms with Crippen LogP contribution in [0.1, 0.15) is 105 Å². The van der Waals surface area contributed by atoms with E-state index in [1.165, 1.54) is 57.8 Å². The van der Waals surface area contributed by atoms with Gasteiger partial charge in [-0.15, -0.1) is 0 Å². The molecule has 2 heteroatoms. The molecule has 0 saturated heterocycles. The van der Waals surface area contributed by atoms with Gasteiger partial charge in [0.2, 0.25) is 0 Å². The fourth-order valence-corrected chi connectivity index (χ4v) is 9.15. The number of carbonyl (C=O) groups is 1. The van der Waals surface area contributed by atoms with Crippen molar-refractivity contribution in [1.29, 1.82) is 0 Å². The van der Waals surface area contributed by atoms with Gasteiger partial charge in [0.1, 0.15) is 6.10 Å². The molecule has 4 rings (SSSR count). The quantitative estimate of drug-likeness (QED) is 0.559. The first-order valence-corrected chi connectivity index (χ1v) is 12.9. The number of ketones is 1. The van der Waals surface area contributed by atoms with Crippen LogP contribution in [-0.4, -0.2) is 17.0 Å². The van der Waals surface area contributed by atoms with Crippen molar-refractivity contribution in [3.8, 4) is 0 Å². The third-order valence-corrected chi connectivity index (χ3v) is 10.5. The van der Waals surface area contributed by atoms with Crippen LogP contribution in [0.15, 0.2) is 0 Å². The van der Waals surface area contributed by atoms with Crippen molar-refractivity contribution in [2.45, 2.75) is 111 Å². The molecule has 1 N–H and O–H groups in total. The van der Waals surface area contributed by atoms with Crippen LogP contribution in [0.25, 0.3) is 0 Å². The smallest absolute Gasteiger partial charge is 0.165 e. The Morgan fingerprint density at radius 3 is 2.45 bits per heavy atom. The van der Waals surface area contributed by atoms with Gasteiger partial charge in [-0.25, -0.2) is 0 Å². The lowest BCUT2D eigenvalue weighted by atomic mass is 9.44. The summed E-state index contributed by atoms with van der Waals surface area (Å²) in [4.78, 5) is 13.5. The zero-order chi connectivity index (χ0) is 21.0. The Balaban J connectivity index is 1.56. The Labute approximate surface area is 179 Å². The summed E-state index contributed by atoms with van der Waals surface area (Å²) in [5.41, 5.74) is 0.474. The average molecular weight is 403 g/mol. The molecule has 0 heterocycles. The molecule has 4 aliphatic rings. The van der Waals surface area contributed by atoms with Gasteiger partial charge in [0.15, 0.2) is 5.78 Å². The molecule has 0 radical (unpaired) electrons. The van der Waals surface area contributed by atoms with E-state index in [9.17, 15) is 9.90 Å². The molecule has 9 atom stereocenters. The predicted molar refractivity (Wildman–Crippen MR) is 119 cm³/mol. The minimum atomic E-state index is -0.713. The molecule has 2 nitrogen and oxygen atoms in total. The summed E-state index contributed by atoms with van der Waals surface area (Å²) in [5, 5.41) is 11.2. The Morgan fingerprint density at radius 2 is 1.72 bits per heavy atom. The first kappa shape index (κ1) is 21.8. The summed E-state index contributed by atoms with van der Waals surface area (Å²) in [6.45, 7) is 11.9. The Hall–Kier alpha value is -0.370. The van der Waals surface area contributed by atoms with Crippen LogP contribution in [0.2, 0.25) is 0 Å². The van der Waals surface area contributed by atoms with Crippen molar-refractivity contribution in [3.63, 3.8) is 0 Å². The molecule has 0 aromatic rings. The molecule has 2 unspecified atom stereocenters. The number of aliphatic hydroxyl groups excluding tert-OH is 1. The van der Waals surface area contributed by atoms with E-state index in [0.29, 0.717) is 23.2 Å². The van der Waals surface area contributed by atoms with Crippen molar-refractivity contribution in [3.05, 3.63) is 0 Å². The van der Waals surface area contributed by atoms with E-state index in [1.54, 1.807) is 0 Å². The third kappa shape index (κ3) is 3.44. The highest BCUT2D eigenvalue weighted by Gasteiger charge is 2.65. The summed E-state index contributed by atoms with van der Waals surface area (Å²) >= 11 is 0. The van der Waals surface area contributed by atoms with E-state index in [-0.39, 0.29) is 23.0 Å². The molecule has 0 aliphatic heterocycles. The van der Waals surface area contributed by atoms with E-state index in [4.69, 9.17) is 0 Å². The number of aliphatic hydroxyl groups is 1. The van der Waals surface area contributed by atoms with Gasteiger partial charge in [-0.1, -0.05) is 66.7 Å². The molecule has 29 heavy (non-hydrogen) atoms. The van der Waals surface area contributed by atoms with Crippen molar-refractivity contribution in [2.75, 3.05) is 0 Å². The molecule has 0 spiro atoms. The van der Waals surface area contributed by atoms with Gasteiger partial charge < -0.3 is 5.11 Å². The molecule has 0 amide bonds. The van der Waals surface area contributed by atoms with Crippen LogP contribution < -0.4 is 0 Å². The highest BCUT2D eigenvalue weighted by Crippen LogP contribution is 2.67. The van der Waals surface area contributed by atoms with Crippen LogP contribution in [0.3, 0.4) is 0 Å². The van der Waals surface area contributed by atoms with Crippen LogP contribution in [0, 0.1) is 52.3 Å². The Bertz CT molecular complexity index is 612. The van der Waals surface area contributed by atoms with Crippen LogP contribution >= 0.6 is 0 Å². The topological polar surface area (TPSA) is 37.3 Å². The molecular formula is C27H46O2. The van der Waals surface area contributed by atoms with Gasteiger partial charge >= 0.3 is 0 Å². The average Bonchev–Trinajstić information content (AvgIpc) is 2.86. The molecule has 4 aliphatic carbocycles. The molecule has 4 fully saturated rings. The zero-order valence-corrected chi connectivity index (χ0v) is 19.8. The minimum Gasteiger partial charge on any atom is -0.385 e. The Morgan fingerprint density at radius 1 is 0.966 bits per heavy atom. The largest absolute Gasteiger partial charge is 0.385 e. The maximum atomic E-state index is 13.5. The van der Waals surface area contributed by atoms with E-state index >= 15 is 0 Å². The van der Waals surface area contributed by atoms with Crippen LogP contribution in [-0.2, 0) is 4.79 Å². The minimum absolute atomic E-state index is 0.0206. The van der Waals surface area contributed by atoms with Crippen LogP contribution in [0.4, 0.5) is 0 Å². The molecule has 0 aromatic carbocycles. The van der Waals surface area contributed by atoms with Gasteiger partial charge in [-0.05, 0) is 78.9 Å². The number of rotatable bonds is 5. The lowest BCUT2D eigenvalue weighted by Gasteiger charge is -2.60. The van der Waals surface area contributed by atoms with E-state index < -0.39 is 6.10 Å². The maximum Gasteiger partial charge on any atom is 0.165 e. The predicted octanol–water partition coefficient (Wildman–Crippen LogP) is 6.65. The maximum absolute atomic E-state index is 13.5.